The zero-order valence-electron chi connectivity index (χ0n) is 10.4. The van der Waals surface area contributed by atoms with Gasteiger partial charge in [-0.25, -0.2) is 0 Å². The number of nitrogens with zero attached hydrogens (tertiary/aromatic N) is 2. The summed E-state index contributed by atoms with van der Waals surface area (Å²) in [6.07, 6.45) is 1.97. The van der Waals surface area contributed by atoms with Gasteiger partial charge < -0.3 is 5.73 Å². The molecule has 0 atom stereocenters. The normalized spacial score (nSPS) is 10.9. The topological polar surface area (TPSA) is 43.8 Å². The van der Waals surface area contributed by atoms with E-state index in [1.165, 1.54) is 0 Å². The van der Waals surface area contributed by atoms with Gasteiger partial charge in [-0.2, -0.15) is 5.10 Å². The smallest absolute Gasteiger partial charge is 0.125 e. The highest BCUT2D eigenvalue weighted by atomic mass is 127. The van der Waals surface area contributed by atoms with E-state index in [9.17, 15) is 0 Å². The van der Waals surface area contributed by atoms with Crippen molar-refractivity contribution in [3.63, 3.8) is 0 Å². The molecule has 1 aromatic heterocycles. The van der Waals surface area contributed by atoms with Crippen molar-refractivity contribution >= 4 is 40.0 Å². The summed E-state index contributed by atoms with van der Waals surface area (Å²) in [7, 11) is 1.87. The van der Waals surface area contributed by atoms with E-state index in [1.807, 2.05) is 25.2 Å². The maximum Gasteiger partial charge on any atom is 0.125 e. The largest absolute Gasteiger partial charge is 0.384 e. The molecule has 0 fully saturated rings. The Morgan fingerprint density at radius 2 is 2.17 bits per heavy atom. The molecule has 0 saturated carbocycles. The van der Waals surface area contributed by atoms with Crippen LogP contribution < -0.4 is 5.73 Å². The Hall–Kier alpha value is -0.750. The van der Waals surface area contributed by atoms with Crippen molar-refractivity contribution in [1.29, 1.82) is 0 Å². The molecule has 5 heteroatoms. The predicted molar refractivity (Wildman–Crippen MR) is 84.8 cm³/mol. The Labute approximate surface area is 125 Å². The molecule has 2 N–H and O–H groups in total. The molecule has 0 aliphatic carbocycles. The minimum Gasteiger partial charge on any atom is -0.384 e. The van der Waals surface area contributed by atoms with Gasteiger partial charge in [0.05, 0.1) is 10.7 Å². The average molecular weight is 376 g/mol. The summed E-state index contributed by atoms with van der Waals surface area (Å²) in [5.41, 5.74) is 9.13. The average Bonchev–Trinajstić information content (AvgIpc) is 2.61. The fraction of sp³-hybridized carbons (Fsp3) is 0.308. The van der Waals surface area contributed by atoms with Gasteiger partial charge in [0.25, 0.3) is 0 Å². The minimum absolute atomic E-state index is 0.738. The highest BCUT2D eigenvalue weighted by molar-refractivity contribution is 14.1. The van der Waals surface area contributed by atoms with Crippen molar-refractivity contribution in [1.82, 2.24) is 9.78 Å². The lowest BCUT2D eigenvalue weighted by Gasteiger charge is -2.04. The molecular formula is C13H15ClIN3. The molecule has 0 radical (unpaired) electrons. The number of rotatable bonds is 3. The van der Waals surface area contributed by atoms with Crippen molar-refractivity contribution in [2.75, 3.05) is 5.73 Å². The first-order chi connectivity index (χ1) is 8.54. The molecule has 3 nitrogen and oxygen atoms in total. The van der Waals surface area contributed by atoms with Gasteiger partial charge in [0.2, 0.25) is 0 Å². The van der Waals surface area contributed by atoms with E-state index in [-0.39, 0.29) is 0 Å². The lowest BCUT2D eigenvalue weighted by atomic mass is 10.0. The molecular weight excluding hydrogens is 361 g/mol. The fourth-order valence-corrected chi connectivity index (χ4v) is 2.47. The number of hydrogen-bond acceptors (Lipinski definition) is 2. The Kier molecular flexibility index (Phi) is 4.17. The van der Waals surface area contributed by atoms with E-state index in [1.54, 1.807) is 4.68 Å². The predicted octanol–water partition coefficient (Wildman–Crippen LogP) is 3.88. The van der Waals surface area contributed by atoms with Gasteiger partial charge in [0.1, 0.15) is 5.82 Å². The van der Waals surface area contributed by atoms with Crippen LogP contribution in [0.3, 0.4) is 0 Å². The van der Waals surface area contributed by atoms with Crippen LogP contribution in [0.5, 0.6) is 0 Å². The molecule has 2 aromatic rings. The summed E-state index contributed by atoms with van der Waals surface area (Å²) in [4.78, 5) is 0. The molecule has 0 spiro atoms. The molecule has 2 rings (SSSR count). The highest BCUT2D eigenvalue weighted by Gasteiger charge is 2.15. The summed E-state index contributed by atoms with van der Waals surface area (Å²) >= 11 is 8.38. The summed E-state index contributed by atoms with van der Waals surface area (Å²) in [5.74, 6) is 0.738. The molecule has 0 saturated heterocycles. The van der Waals surface area contributed by atoms with E-state index in [2.05, 4.69) is 34.6 Å². The van der Waals surface area contributed by atoms with Crippen LogP contribution in [-0.4, -0.2) is 9.78 Å². The zero-order chi connectivity index (χ0) is 13.3. The molecule has 18 heavy (non-hydrogen) atoms. The summed E-state index contributed by atoms with van der Waals surface area (Å²) in [6, 6.07) is 5.98. The van der Waals surface area contributed by atoms with Gasteiger partial charge in [0.15, 0.2) is 0 Å². The van der Waals surface area contributed by atoms with Crippen molar-refractivity contribution < 1.29 is 0 Å². The third-order valence-corrected chi connectivity index (χ3v) is 4.46. The second-order valence-electron chi connectivity index (χ2n) is 4.21. The van der Waals surface area contributed by atoms with Crippen LogP contribution in [0.25, 0.3) is 11.3 Å². The monoisotopic (exact) mass is 375 g/mol. The van der Waals surface area contributed by atoms with Crippen LogP contribution in [0, 0.1) is 3.57 Å². The first kappa shape index (κ1) is 13.7. The molecule has 1 aromatic carbocycles. The zero-order valence-corrected chi connectivity index (χ0v) is 13.3. The molecule has 0 bridgehead atoms. The van der Waals surface area contributed by atoms with Crippen LogP contribution in [0.4, 0.5) is 5.82 Å². The third kappa shape index (κ3) is 2.49. The molecule has 0 unspecified atom stereocenters. The molecule has 0 amide bonds. The number of benzene rings is 1. The number of hydrogen-bond donors (Lipinski definition) is 1. The lowest BCUT2D eigenvalue weighted by molar-refractivity contribution is 0.781. The Bertz CT molecular complexity index is 578. The first-order valence-electron chi connectivity index (χ1n) is 5.81. The molecule has 0 aliphatic rings. The second-order valence-corrected chi connectivity index (χ2v) is 5.78. The lowest BCUT2D eigenvalue weighted by Crippen LogP contribution is -1.99. The number of halogens is 2. The van der Waals surface area contributed by atoms with E-state index >= 15 is 0 Å². The maximum atomic E-state index is 6.17. The maximum absolute atomic E-state index is 6.17. The van der Waals surface area contributed by atoms with Gasteiger partial charge in [-0.3, -0.25) is 4.68 Å². The standard InChI is InChI=1S/C13H15ClIN3/c1-3-4-9-12(17-18(2)13(9)16)8-5-6-11(15)10(14)7-8/h5-7H,3-4,16H2,1-2H3. The van der Waals surface area contributed by atoms with Crippen LogP contribution in [0.2, 0.25) is 5.02 Å². The number of aryl methyl sites for hydroxylation is 1. The summed E-state index contributed by atoms with van der Waals surface area (Å²) < 4.78 is 2.77. The van der Waals surface area contributed by atoms with Crippen LogP contribution in [0.1, 0.15) is 18.9 Å². The van der Waals surface area contributed by atoms with Crippen LogP contribution in [0.15, 0.2) is 18.2 Å². The van der Waals surface area contributed by atoms with Crippen molar-refractivity contribution in [2.24, 2.45) is 7.05 Å². The Balaban J connectivity index is 2.55. The number of anilines is 1. The number of aromatic nitrogens is 2. The fourth-order valence-electron chi connectivity index (χ4n) is 1.95. The Morgan fingerprint density at radius 1 is 1.44 bits per heavy atom. The third-order valence-electron chi connectivity index (χ3n) is 2.89. The van der Waals surface area contributed by atoms with Crippen molar-refractivity contribution in [2.45, 2.75) is 19.8 Å². The van der Waals surface area contributed by atoms with E-state index in [0.717, 1.165) is 44.1 Å². The number of nitrogen functional groups attached to an aromatic ring is 1. The second kappa shape index (κ2) is 5.48. The van der Waals surface area contributed by atoms with Gasteiger partial charge in [-0.15, -0.1) is 0 Å². The molecule has 96 valence electrons. The van der Waals surface area contributed by atoms with Crippen LogP contribution in [-0.2, 0) is 13.5 Å². The molecule has 1 heterocycles. The summed E-state index contributed by atoms with van der Waals surface area (Å²) in [5, 5.41) is 5.25. The van der Waals surface area contributed by atoms with E-state index in [4.69, 9.17) is 17.3 Å². The highest BCUT2D eigenvalue weighted by Crippen LogP contribution is 2.31. The number of nitrogens with two attached hydrogens (primary N) is 1. The Morgan fingerprint density at radius 3 is 2.78 bits per heavy atom. The molecule has 0 aliphatic heterocycles. The SMILES string of the molecule is CCCc1c(-c2ccc(I)c(Cl)c2)nn(C)c1N. The van der Waals surface area contributed by atoms with Gasteiger partial charge in [-0.1, -0.05) is 31.0 Å². The van der Waals surface area contributed by atoms with Crippen molar-refractivity contribution in [3.05, 3.63) is 32.4 Å². The minimum atomic E-state index is 0.738. The van der Waals surface area contributed by atoms with Gasteiger partial charge in [0, 0.05) is 21.7 Å². The van der Waals surface area contributed by atoms with Gasteiger partial charge in [-0.05, 0) is 41.1 Å². The summed E-state index contributed by atoms with van der Waals surface area (Å²) in [6.45, 7) is 2.14. The van der Waals surface area contributed by atoms with Crippen LogP contribution >= 0.6 is 34.2 Å². The first-order valence-corrected chi connectivity index (χ1v) is 7.27. The van der Waals surface area contributed by atoms with E-state index in [0.29, 0.717) is 0 Å². The van der Waals surface area contributed by atoms with Crippen molar-refractivity contribution in [3.8, 4) is 11.3 Å². The van der Waals surface area contributed by atoms with E-state index < -0.39 is 0 Å². The van der Waals surface area contributed by atoms with Gasteiger partial charge >= 0.3 is 0 Å². The quantitative estimate of drug-likeness (QED) is 0.827.